The lowest BCUT2D eigenvalue weighted by atomic mass is 10.3. The Labute approximate surface area is 102 Å². The smallest absolute Gasteiger partial charge is 0.180 e. The van der Waals surface area contributed by atoms with Crippen molar-refractivity contribution in [1.29, 1.82) is 0 Å². The Bertz CT molecular complexity index is 457. The average Bonchev–Trinajstić information content (AvgIpc) is 2.81. The molecule has 16 heavy (non-hydrogen) atoms. The maximum atomic E-state index is 5.15. The Morgan fingerprint density at radius 3 is 3.06 bits per heavy atom. The van der Waals surface area contributed by atoms with Gasteiger partial charge in [-0.25, -0.2) is 4.98 Å². The first-order valence-electron chi connectivity index (χ1n) is 4.74. The summed E-state index contributed by atoms with van der Waals surface area (Å²) in [6.45, 7) is 0.589. The van der Waals surface area contributed by atoms with Crippen LogP contribution < -0.4 is 10.1 Å². The number of benzene rings is 1. The normalized spacial score (nSPS) is 10.1. The first-order valence-corrected chi connectivity index (χ1v) is 5.53. The molecule has 84 valence electrons. The zero-order valence-corrected chi connectivity index (χ0v) is 10.3. The van der Waals surface area contributed by atoms with Crippen LogP contribution in [0.1, 0.15) is 5.76 Å². The predicted octanol–water partition coefficient (Wildman–Crippen LogP) is 3.06. The molecule has 0 aliphatic rings. The lowest BCUT2D eigenvalue weighted by Gasteiger charge is -2.08. The Morgan fingerprint density at radius 1 is 1.50 bits per heavy atom. The highest BCUT2D eigenvalue weighted by atomic mass is 79.9. The number of oxazole rings is 1. The summed E-state index contributed by atoms with van der Waals surface area (Å²) in [7, 11) is 1.64. The summed E-state index contributed by atoms with van der Waals surface area (Å²) in [6, 6.07) is 5.74. The second-order valence-corrected chi connectivity index (χ2v) is 4.02. The number of hydrogen-bond acceptors (Lipinski definition) is 4. The van der Waals surface area contributed by atoms with Crippen LogP contribution in [0.5, 0.6) is 5.75 Å². The van der Waals surface area contributed by atoms with E-state index in [0.717, 1.165) is 21.7 Å². The van der Waals surface area contributed by atoms with Crippen molar-refractivity contribution in [2.75, 3.05) is 12.4 Å². The number of methoxy groups -OCH3 is 1. The van der Waals surface area contributed by atoms with E-state index in [2.05, 4.69) is 26.2 Å². The summed E-state index contributed by atoms with van der Waals surface area (Å²) in [5.74, 6) is 1.60. The van der Waals surface area contributed by atoms with Gasteiger partial charge in [0.2, 0.25) is 0 Å². The van der Waals surface area contributed by atoms with E-state index in [1.54, 1.807) is 13.3 Å². The van der Waals surface area contributed by atoms with Crippen molar-refractivity contribution in [3.63, 3.8) is 0 Å². The SMILES string of the molecule is COc1ccc(Br)c(NCc2cnco2)c1. The van der Waals surface area contributed by atoms with Crippen LogP contribution in [0, 0.1) is 0 Å². The second-order valence-electron chi connectivity index (χ2n) is 3.17. The van der Waals surface area contributed by atoms with Crippen molar-refractivity contribution in [2.45, 2.75) is 6.54 Å². The number of aromatic nitrogens is 1. The van der Waals surface area contributed by atoms with Crippen molar-refractivity contribution in [1.82, 2.24) is 4.98 Å². The third-order valence-electron chi connectivity index (χ3n) is 2.11. The van der Waals surface area contributed by atoms with Crippen LogP contribution in [0.25, 0.3) is 0 Å². The van der Waals surface area contributed by atoms with E-state index in [-0.39, 0.29) is 0 Å². The molecular formula is C11H11BrN2O2. The maximum absolute atomic E-state index is 5.15. The molecule has 0 aliphatic heterocycles. The van der Waals surface area contributed by atoms with Crippen LogP contribution in [0.4, 0.5) is 5.69 Å². The summed E-state index contributed by atoms with van der Waals surface area (Å²) >= 11 is 3.46. The molecule has 0 spiro atoms. The minimum Gasteiger partial charge on any atom is -0.497 e. The Balaban J connectivity index is 2.08. The standard InChI is InChI=1S/C11H11BrN2O2/c1-15-8-2-3-10(12)11(4-8)14-6-9-5-13-7-16-9/h2-5,7,14H,6H2,1H3. The summed E-state index contributed by atoms with van der Waals surface area (Å²) in [6.07, 6.45) is 3.10. The van der Waals surface area contributed by atoms with E-state index in [1.807, 2.05) is 18.2 Å². The molecule has 1 N–H and O–H groups in total. The molecule has 0 aliphatic carbocycles. The van der Waals surface area contributed by atoms with Gasteiger partial charge in [-0.1, -0.05) is 0 Å². The summed E-state index contributed by atoms with van der Waals surface area (Å²) in [5, 5.41) is 3.23. The number of ether oxygens (including phenoxy) is 1. The molecular weight excluding hydrogens is 272 g/mol. The largest absolute Gasteiger partial charge is 0.497 e. The minimum atomic E-state index is 0.589. The quantitative estimate of drug-likeness (QED) is 0.936. The highest BCUT2D eigenvalue weighted by Gasteiger charge is 2.03. The molecule has 0 fully saturated rings. The number of rotatable bonds is 4. The summed E-state index contributed by atoms with van der Waals surface area (Å²) in [5.41, 5.74) is 0.954. The van der Waals surface area contributed by atoms with Crippen LogP contribution in [-0.4, -0.2) is 12.1 Å². The van der Waals surface area contributed by atoms with Gasteiger partial charge < -0.3 is 14.5 Å². The van der Waals surface area contributed by atoms with Gasteiger partial charge in [0.1, 0.15) is 11.5 Å². The highest BCUT2D eigenvalue weighted by molar-refractivity contribution is 9.10. The van der Waals surface area contributed by atoms with Crippen molar-refractivity contribution >= 4 is 21.6 Å². The molecule has 2 rings (SSSR count). The predicted molar refractivity (Wildman–Crippen MR) is 64.5 cm³/mol. The van der Waals surface area contributed by atoms with Gasteiger partial charge in [0, 0.05) is 10.5 Å². The number of halogens is 1. The van der Waals surface area contributed by atoms with Crippen LogP contribution in [-0.2, 0) is 6.54 Å². The van der Waals surface area contributed by atoms with Crippen LogP contribution in [0.3, 0.4) is 0 Å². The maximum Gasteiger partial charge on any atom is 0.180 e. The first-order chi connectivity index (χ1) is 7.79. The molecule has 0 unspecified atom stereocenters. The van der Waals surface area contributed by atoms with Crippen molar-refractivity contribution in [2.24, 2.45) is 0 Å². The van der Waals surface area contributed by atoms with Crippen molar-refractivity contribution in [3.05, 3.63) is 41.0 Å². The number of nitrogens with zero attached hydrogens (tertiary/aromatic N) is 1. The molecule has 4 nitrogen and oxygen atoms in total. The van der Waals surface area contributed by atoms with E-state index in [0.29, 0.717) is 6.54 Å². The van der Waals surface area contributed by atoms with Gasteiger partial charge in [0.15, 0.2) is 6.39 Å². The molecule has 0 atom stereocenters. The minimum absolute atomic E-state index is 0.589. The molecule has 1 aromatic heterocycles. The van der Waals surface area contributed by atoms with Crippen LogP contribution in [0.15, 0.2) is 39.7 Å². The van der Waals surface area contributed by atoms with Gasteiger partial charge in [-0.05, 0) is 28.1 Å². The fraction of sp³-hybridized carbons (Fsp3) is 0.182. The average molecular weight is 283 g/mol. The molecule has 0 amide bonds. The number of nitrogens with one attached hydrogen (secondary N) is 1. The lowest BCUT2D eigenvalue weighted by molar-refractivity contribution is 0.415. The topological polar surface area (TPSA) is 47.3 Å². The summed E-state index contributed by atoms with van der Waals surface area (Å²) in [4.78, 5) is 3.85. The zero-order chi connectivity index (χ0) is 11.4. The highest BCUT2D eigenvalue weighted by Crippen LogP contribution is 2.27. The molecule has 1 aromatic carbocycles. The van der Waals surface area contributed by atoms with E-state index in [4.69, 9.17) is 9.15 Å². The Kier molecular flexibility index (Phi) is 3.46. The second kappa shape index (κ2) is 5.03. The monoisotopic (exact) mass is 282 g/mol. The molecule has 1 heterocycles. The summed E-state index contributed by atoms with van der Waals surface area (Å²) < 4.78 is 11.3. The molecule has 0 saturated heterocycles. The van der Waals surface area contributed by atoms with Gasteiger partial charge in [0.05, 0.1) is 25.5 Å². The fourth-order valence-electron chi connectivity index (χ4n) is 1.28. The third-order valence-corrected chi connectivity index (χ3v) is 2.80. The van der Waals surface area contributed by atoms with Gasteiger partial charge in [0.25, 0.3) is 0 Å². The van der Waals surface area contributed by atoms with E-state index >= 15 is 0 Å². The molecule has 5 heteroatoms. The number of anilines is 1. The number of hydrogen-bond donors (Lipinski definition) is 1. The van der Waals surface area contributed by atoms with Gasteiger partial charge in [-0.2, -0.15) is 0 Å². The van der Waals surface area contributed by atoms with Crippen LogP contribution >= 0.6 is 15.9 Å². The molecule has 0 saturated carbocycles. The zero-order valence-electron chi connectivity index (χ0n) is 8.74. The van der Waals surface area contributed by atoms with E-state index < -0.39 is 0 Å². The molecule has 0 radical (unpaired) electrons. The molecule has 2 aromatic rings. The van der Waals surface area contributed by atoms with Crippen LogP contribution in [0.2, 0.25) is 0 Å². The van der Waals surface area contributed by atoms with Crippen molar-refractivity contribution < 1.29 is 9.15 Å². The van der Waals surface area contributed by atoms with Crippen molar-refractivity contribution in [3.8, 4) is 5.75 Å². The fourth-order valence-corrected chi connectivity index (χ4v) is 1.67. The Hall–Kier alpha value is -1.49. The third kappa shape index (κ3) is 2.55. The van der Waals surface area contributed by atoms with E-state index in [1.165, 1.54) is 6.39 Å². The molecule has 0 bridgehead atoms. The van der Waals surface area contributed by atoms with E-state index in [9.17, 15) is 0 Å². The van der Waals surface area contributed by atoms with Gasteiger partial charge >= 0.3 is 0 Å². The van der Waals surface area contributed by atoms with Gasteiger partial charge in [-0.3, -0.25) is 0 Å². The first kappa shape index (κ1) is 11.0. The van der Waals surface area contributed by atoms with Gasteiger partial charge in [-0.15, -0.1) is 0 Å². The lowest BCUT2D eigenvalue weighted by Crippen LogP contribution is -1.99. The Morgan fingerprint density at radius 2 is 2.38 bits per heavy atom.